The first-order chi connectivity index (χ1) is 9.44. The number of aliphatic hydroxyl groups excluding tert-OH is 1. The molecule has 0 bridgehead atoms. The molecule has 3 N–H and O–H groups in total. The number of nitrogens with one attached hydrogen (secondary N) is 2. The van der Waals surface area contributed by atoms with Crippen LogP contribution in [0.5, 0.6) is 5.75 Å². The molecule has 0 saturated carbocycles. The van der Waals surface area contributed by atoms with Crippen molar-refractivity contribution in [3.05, 3.63) is 22.7 Å². The highest BCUT2D eigenvalue weighted by Gasteiger charge is 2.24. The Balaban J connectivity index is 2.78. The lowest BCUT2D eigenvalue weighted by atomic mass is 9.98. The second-order valence-electron chi connectivity index (χ2n) is 4.89. The minimum absolute atomic E-state index is 0.107. The number of amides is 2. The number of benzene rings is 1. The number of carbonyl (C=O) groups is 1. The highest BCUT2D eigenvalue weighted by atomic mass is 79.9. The molecule has 0 aliphatic rings. The smallest absolute Gasteiger partial charge is 0.319 e. The van der Waals surface area contributed by atoms with Gasteiger partial charge in [0.1, 0.15) is 5.75 Å². The second-order valence-corrected chi connectivity index (χ2v) is 5.81. The fourth-order valence-corrected chi connectivity index (χ4v) is 2.30. The Hall–Kier alpha value is -1.27. The fraction of sp³-hybridized carbons (Fsp3) is 0.500. The van der Waals surface area contributed by atoms with E-state index in [-0.39, 0.29) is 12.6 Å². The molecule has 1 unspecified atom stereocenters. The number of hydrogen-bond donors (Lipinski definition) is 3. The summed E-state index contributed by atoms with van der Waals surface area (Å²) < 4.78 is 6.03. The summed E-state index contributed by atoms with van der Waals surface area (Å²) in [5.74, 6) is 0.574. The van der Waals surface area contributed by atoms with Gasteiger partial charge in [0.15, 0.2) is 0 Å². The van der Waals surface area contributed by atoms with Gasteiger partial charge in [0.05, 0.1) is 24.9 Å². The molecule has 20 heavy (non-hydrogen) atoms. The number of ether oxygens (including phenoxy) is 1. The molecule has 1 aromatic rings. The van der Waals surface area contributed by atoms with Gasteiger partial charge >= 0.3 is 6.03 Å². The Morgan fingerprint density at radius 2 is 2.20 bits per heavy atom. The van der Waals surface area contributed by atoms with Gasteiger partial charge in [-0.1, -0.05) is 29.3 Å². The highest BCUT2D eigenvalue weighted by Crippen LogP contribution is 2.28. The van der Waals surface area contributed by atoms with Crippen LogP contribution in [0.2, 0.25) is 0 Å². The summed E-state index contributed by atoms with van der Waals surface area (Å²) in [6, 6.07) is 4.98. The quantitative estimate of drug-likeness (QED) is 0.742. The zero-order chi connectivity index (χ0) is 15.2. The Bertz CT molecular complexity index is 468. The van der Waals surface area contributed by atoms with Crippen molar-refractivity contribution < 1.29 is 14.6 Å². The van der Waals surface area contributed by atoms with Gasteiger partial charge < -0.3 is 20.5 Å². The van der Waals surface area contributed by atoms with E-state index < -0.39 is 5.54 Å². The van der Waals surface area contributed by atoms with Crippen molar-refractivity contribution in [3.63, 3.8) is 0 Å². The number of hydrogen-bond acceptors (Lipinski definition) is 3. The predicted octanol–water partition coefficient (Wildman–Crippen LogP) is 3.13. The zero-order valence-corrected chi connectivity index (χ0v) is 13.6. The molecule has 0 radical (unpaired) electrons. The molecule has 1 rings (SSSR count). The maximum absolute atomic E-state index is 12.0. The number of carbonyl (C=O) groups excluding carboxylic acids is 1. The van der Waals surface area contributed by atoms with Gasteiger partial charge in [-0.2, -0.15) is 0 Å². The van der Waals surface area contributed by atoms with Crippen LogP contribution in [0.25, 0.3) is 0 Å². The van der Waals surface area contributed by atoms with E-state index in [2.05, 4.69) is 26.6 Å². The molecule has 1 aromatic carbocycles. The highest BCUT2D eigenvalue weighted by molar-refractivity contribution is 9.10. The van der Waals surface area contributed by atoms with Gasteiger partial charge in [0.25, 0.3) is 0 Å². The molecular formula is C14H21BrN2O3. The van der Waals surface area contributed by atoms with E-state index in [4.69, 9.17) is 4.74 Å². The summed E-state index contributed by atoms with van der Waals surface area (Å²) in [6.07, 6.45) is 1.57. The van der Waals surface area contributed by atoms with E-state index in [1.165, 1.54) is 0 Å². The lowest BCUT2D eigenvalue weighted by molar-refractivity contribution is 0.167. The number of anilines is 1. The first-order valence-electron chi connectivity index (χ1n) is 6.47. The molecule has 0 saturated heterocycles. The summed E-state index contributed by atoms with van der Waals surface area (Å²) in [5, 5.41) is 14.9. The summed E-state index contributed by atoms with van der Waals surface area (Å²) in [6.45, 7) is 3.71. The van der Waals surface area contributed by atoms with Crippen LogP contribution >= 0.6 is 15.9 Å². The van der Waals surface area contributed by atoms with E-state index in [0.29, 0.717) is 17.9 Å². The molecule has 2 amide bonds. The maximum atomic E-state index is 12.0. The number of urea groups is 1. The zero-order valence-electron chi connectivity index (χ0n) is 12.0. The third kappa shape index (κ3) is 4.68. The first-order valence-corrected chi connectivity index (χ1v) is 7.27. The Morgan fingerprint density at radius 3 is 2.75 bits per heavy atom. The maximum Gasteiger partial charge on any atom is 0.319 e. The molecule has 1 atom stereocenters. The predicted molar refractivity (Wildman–Crippen MR) is 83.2 cm³/mol. The molecule has 0 aliphatic heterocycles. The van der Waals surface area contributed by atoms with Crippen molar-refractivity contribution in [1.29, 1.82) is 0 Å². The van der Waals surface area contributed by atoms with Crippen LogP contribution in [-0.2, 0) is 0 Å². The van der Waals surface area contributed by atoms with Crippen molar-refractivity contribution in [2.75, 3.05) is 19.0 Å². The van der Waals surface area contributed by atoms with E-state index in [1.54, 1.807) is 19.2 Å². The minimum Gasteiger partial charge on any atom is -0.495 e. The van der Waals surface area contributed by atoms with Crippen molar-refractivity contribution in [3.8, 4) is 5.75 Å². The van der Waals surface area contributed by atoms with Crippen LogP contribution < -0.4 is 15.4 Å². The van der Waals surface area contributed by atoms with Crippen molar-refractivity contribution in [2.24, 2.45) is 0 Å². The number of aliphatic hydroxyl groups is 1. The van der Waals surface area contributed by atoms with Gasteiger partial charge in [-0.05, 0) is 31.5 Å². The molecule has 0 aliphatic carbocycles. The fourth-order valence-electron chi connectivity index (χ4n) is 1.94. The van der Waals surface area contributed by atoms with E-state index in [1.807, 2.05) is 19.9 Å². The van der Waals surface area contributed by atoms with E-state index in [0.717, 1.165) is 10.9 Å². The molecule has 6 heteroatoms. The van der Waals surface area contributed by atoms with Gasteiger partial charge in [0.2, 0.25) is 0 Å². The van der Waals surface area contributed by atoms with E-state index >= 15 is 0 Å². The summed E-state index contributed by atoms with van der Waals surface area (Å²) in [4.78, 5) is 12.0. The lowest BCUT2D eigenvalue weighted by Gasteiger charge is -2.28. The number of rotatable bonds is 6. The minimum atomic E-state index is -0.627. The second kappa shape index (κ2) is 7.50. The van der Waals surface area contributed by atoms with Crippen LogP contribution in [0, 0.1) is 0 Å². The largest absolute Gasteiger partial charge is 0.495 e. The number of methoxy groups -OCH3 is 1. The Morgan fingerprint density at radius 1 is 1.50 bits per heavy atom. The van der Waals surface area contributed by atoms with E-state index in [9.17, 15) is 9.90 Å². The third-order valence-electron chi connectivity index (χ3n) is 2.98. The van der Waals surface area contributed by atoms with Gasteiger partial charge in [-0.3, -0.25) is 0 Å². The first kappa shape index (κ1) is 16.8. The van der Waals surface area contributed by atoms with Crippen LogP contribution in [0.15, 0.2) is 22.7 Å². The van der Waals surface area contributed by atoms with Gasteiger partial charge in [0, 0.05) is 4.47 Å². The van der Waals surface area contributed by atoms with Gasteiger partial charge in [-0.25, -0.2) is 4.79 Å². The third-order valence-corrected chi connectivity index (χ3v) is 3.47. The molecule has 0 spiro atoms. The average molecular weight is 345 g/mol. The van der Waals surface area contributed by atoms with Crippen LogP contribution in [0.4, 0.5) is 10.5 Å². The van der Waals surface area contributed by atoms with Crippen LogP contribution in [0.3, 0.4) is 0 Å². The molecule has 0 aromatic heterocycles. The summed E-state index contributed by atoms with van der Waals surface area (Å²) in [5.41, 5.74) is -0.0610. The molecule has 112 valence electrons. The Labute approximate surface area is 127 Å². The number of halogens is 1. The normalized spacial score (nSPS) is 13.4. The van der Waals surface area contributed by atoms with Crippen molar-refractivity contribution in [2.45, 2.75) is 32.2 Å². The molecule has 5 nitrogen and oxygen atoms in total. The van der Waals surface area contributed by atoms with Crippen molar-refractivity contribution >= 4 is 27.6 Å². The summed E-state index contributed by atoms with van der Waals surface area (Å²) >= 11 is 3.35. The summed E-state index contributed by atoms with van der Waals surface area (Å²) in [7, 11) is 1.54. The average Bonchev–Trinajstić information content (AvgIpc) is 2.39. The molecular weight excluding hydrogens is 324 g/mol. The van der Waals surface area contributed by atoms with Crippen LogP contribution in [0.1, 0.15) is 26.7 Å². The topological polar surface area (TPSA) is 70.6 Å². The van der Waals surface area contributed by atoms with Crippen LogP contribution in [-0.4, -0.2) is 30.4 Å². The monoisotopic (exact) mass is 344 g/mol. The van der Waals surface area contributed by atoms with Gasteiger partial charge in [-0.15, -0.1) is 0 Å². The molecule has 0 heterocycles. The Kier molecular flexibility index (Phi) is 6.29. The lowest BCUT2D eigenvalue weighted by Crippen LogP contribution is -2.50. The molecule has 0 fully saturated rings. The van der Waals surface area contributed by atoms with Crippen molar-refractivity contribution in [1.82, 2.24) is 5.32 Å². The SMILES string of the molecule is CCCC(C)(CO)NC(=O)Nc1cc(Br)ccc1OC. The standard InChI is InChI=1S/C14H21BrN2O3/c1-4-7-14(2,9-18)17-13(19)16-11-8-10(15)5-6-12(11)20-3/h5-6,8,18H,4,7,9H2,1-3H3,(H2,16,17,19).